The van der Waals surface area contributed by atoms with Crippen LogP contribution in [-0.4, -0.2) is 31.4 Å². The maximum absolute atomic E-state index is 11.7. The molecule has 1 fully saturated rings. The number of amides is 4. The van der Waals surface area contributed by atoms with E-state index < -0.39 is 23.3 Å². The van der Waals surface area contributed by atoms with E-state index in [4.69, 9.17) is 0 Å². The van der Waals surface area contributed by atoms with Crippen LogP contribution in [0.15, 0.2) is 0 Å². The molecule has 0 radical (unpaired) electrons. The first-order chi connectivity index (χ1) is 7.06. The van der Waals surface area contributed by atoms with E-state index >= 15 is 0 Å². The highest BCUT2D eigenvalue weighted by atomic mass is 16.2. The van der Waals surface area contributed by atoms with E-state index in [9.17, 15) is 14.4 Å². The van der Waals surface area contributed by atoms with Crippen molar-refractivity contribution in [1.29, 1.82) is 0 Å². The van der Waals surface area contributed by atoms with Gasteiger partial charge < -0.3 is 5.32 Å². The van der Waals surface area contributed by atoms with Gasteiger partial charge in [-0.1, -0.05) is 6.92 Å². The topological polar surface area (TPSA) is 87.3 Å². The lowest BCUT2D eigenvalue weighted by Crippen LogP contribution is -2.62. The molecule has 3 N–H and O–H groups in total. The van der Waals surface area contributed by atoms with Gasteiger partial charge >= 0.3 is 6.03 Å². The van der Waals surface area contributed by atoms with E-state index in [1.54, 1.807) is 14.0 Å². The molecule has 15 heavy (non-hydrogen) atoms. The zero-order valence-electron chi connectivity index (χ0n) is 8.85. The van der Waals surface area contributed by atoms with E-state index in [-0.39, 0.29) is 0 Å². The van der Waals surface area contributed by atoms with Gasteiger partial charge in [0.2, 0.25) is 11.8 Å². The molecule has 0 aromatic rings. The maximum Gasteiger partial charge on any atom is 0.328 e. The normalized spacial score (nSPS) is 19.7. The molecule has 0 saturated carbocycles. The minimum atomic E-state index is -1.11. The molecule has 0 unspecified atom stereocenters. The van der Waals surface area contributed by atoms with Crippen molar-refractivity contribution in [3.63, 3.8) is 0 Å². The Morgan fingerprint density at radius 2 is 1.73 bits per heavy atom. The van der Waals surface area contributed by atoms with Crippen molar-refractivity contribution in [1.82, 2.24) is 16.0 Å². The fourth-order valence-electron chi connectivity index (χ4n) is 1.64. The van der Waals surface area contributed by atoms with E-state index in [0.717, 1.165) is 0 Å². The smallest absolute Gasteiger partial charge is 0.320 e. The maximum atomic E-state index is 11.7. The predicted octanol–water partition coefficient (Wildman–Crippen LogP) is -0.642. The second kappa shape index (κ2) is 4.39. The Hall–Kier alpha value is -1.43. The quantitative estimate of drug-likeness (QED) is 0.542. The van der Waals surface area contributed by atoms with Crippen LogP contribution in [0.25, 0.3) is 0 Å². The Balaban J connectivity index is 2.89. The Morgan fingerprint density at radius 1 is 1.20 bits per heavy atom. The van der Waals surface area contributed by atoms with E-state index in [1.165, 1.54) is 0 Å². The Morgan fingerprint density at radius 3 is 2.13 bits per heavy atom. The Bertz CT molecular complexity index is 281. The van der Waals surface area contributed by atoms with Crippen LogP contribution in [0, 0.1) is 5.41 Å². The summed E-state index contributed by atoms with van der Waals surface area (Å²) < 4.78 is 0. The summed E-state index contributed by atoms with van der Waals surface area (Å²) in [5.41, 5.74) is -1.11. The molecule has 1 rings (SSSR count). The molecule has 6 heteroatoms. The Kier molecular flexibility index (Phi) is 3.41. The molecular weight excluding hydrogens is 198 g/mol. The molecule has 84 valence electrons. The van der Waals surface area contributed by atoms with Crippen LogP contribution in [0.2, 0.25) is 0 Å². The van der Waals surface area contributed by atoms with Crippen molar-refractivity contribution >= 4 is 17.8 Å². The highest BCUT2D eigenvalue weighted by Crippen LogP contribution is 2.28. The number of urea groups is 1. The standard InChI is InChI=1S/C9H15N3O3/c1-3-9(4-5-10-2)6(13)11-8(15)12-7(9)14/h10H,3-5H2,1-2H3,(H2,11,12,13,14,15). The third kappa shape index (κ3) is 1.99. The van der Waals surface area contributed by atoms with Crippen LogP contribution in [0.1, 0.15) is 19.8 Å². The van der Waals surface area contributed by atoms with Crippen LogP contribution in [-0.2, 0) is 9.59 Å². The van der Waals surface area contributed by atoms with E-state index in [1.807, 2.05) is 0 Å². The highest BCUT2D eigenvalue weighted by molar-refractivity contribution is 6.19. The van der Waals surface area contributed by atoms with Gasteiger partial charge in [-0.15, -0.1) is 0 Å². The summed E-state index contributed by atoms with van der Waals surface area (Å²) in [5.74, 6) is -1.01. The lowest BCUT2D eigenvalue weighted by molar-refractivity contribution is -0.145. The fourth-order valence-corrected chi connectivity index (χ4v) is 1.64. The van der Waals surface area contributed by atoms with Crippen molar-refractivity contribution in [2.45, 2.75) is 19.8 Å². The highest BCUT2D eigenvalue weighted by Gasteiger charge is 2.48. The van der Waals surface area contributed by atoms with Crippen molar-refractivity contribution in [2.24, 2.45) is 5.41 Å². The van der Waals surface area contributed by atoms with Gasteiger partial charge in [-0.05, 0) is 26.4 Å². The first-order valence-electron chi connectivity index (χ1n) is 4.88. The fraction of sp³-hybridized carbons (Fsp3) is 0.667. The third-order valence-corrected chi connectivity index (χ3v) is 2.73. The first-order valence-corrected chi connectivity index (χ1v) is 4.88. The lowest BCUT2D eigenvalue weighted by Gasteiger charge is -2.32. The zero-order chi connectivity index (χ0) is 11.5. The average Bonchev–Trinajstić information content (AvgIpc) is 2.17. The van der Waals surface area contributed by atoms with Gasteiger partial charge in [-0.25, -0.2) is 4.79 Å². The van der Waals surface area contributed by atoms with Crippen molar-refractivity contribution < 1.29 is 14.4 Å². The molecule has 0 spiro atoms. The summed E-state index contributed by atoms with van der Waals surface area (Å²) in [5, 5.41) is 7.13. The predicted molar refractivity (Wildman–Crippen MR) is 52.9 cm³/mol. The summed E-state index contributed by atoms with van der Waals surface area (Å²) in [7, 11) is 1.74. The van der Waals surface area contributed by atoms with Crippen LogP contribution in [0.5, 0.6) is 0 Å². The zero-order valence-corrected chi connectivity index (χ0v) is 8.85. The van der Waals surface area contributed by atoms with Gasteiger partial charge in [0.1, 0.15) is 5.41 Å². The summed E-state index contributed by atoms with van der Waals surface area (Å²) in [4.78, 5) is 34.2. The number of rotatable bonds is 4. The number of barbiturate groups is 1. The molecule has 1 saturated heterocycles. The molecular formula is C9H15N3O3. The van der Waals surface area contributed by atoms with Crippen LogP contribution in [0.4, 0.5) is 4.79 Å². The molecule has 0 aromatic carbocycles. The molecule has 4 amide bonds. The molecule has 0 aliphatic carbocycles. The summed E-state index contributed by atoms with van der Waals surface area (Å²) in [6.45, 7) is 2.30. The average molecular weight is 213 g/mol. The second-order valence-electron chi connectivity index (χ2n) is 3.53. The number of carbonyl (C=O) groups excluding carboxylic acids is 3. The number of hydrogen-bond donors (Lipinski definition) is 3. The monoisotopic (exact) mass is 213 g/mol. The SMILES string of the molecule is CCC1(CCNC)C(=O)NC(=O)NC1=O. The van der Waals surface area contributed by atoms with E-state index in [2.05, 4.69) is 16.0 Å². The van der Waals surface area contributed by atoms with Gasteiger partial charge in [-0.2, -0.15) is 0 Å². The number of imide groups is 2. The van der Waals surface area contributed by atoms with Crippen LogP contribution in [0.3, 0.4) is 0 Å². The summed E-state index contributed by atoms with van der Waals surface area (Å²) in [6.07, 6.45) is 0.755. The van der Waals surface area contributed by atoms with Gasteiger partial charge in [-0.3, -0.25) is 20.2 Å². The molecule has 0 bridgehead atoms. The lowest BCUT2D eigenvalue weighted by atomic mass is 9.78. The summed E-state index contributed by atoms with van der Waals surface area (Å²) in [6, 6.07) is -0.737. The molecule has 0 atom stereocenters. The van der Waals surface area contributed by atoms with Gasteiger partial charge in [0, 0.05) is 0 Å². The van der Waals surface area contributed by atoms with Crippen LogP contribution < -0.4 is 16.0 Å². The minimum Gasteiger partial charge on any atom is -0.320 e. The number of carbonyl (C=O) groups is 3. The van der Waals surface area contributed by atoms with Crippen molar-refractivity contribution in [2.75, 3.05) is 13.6 Å². The second-order valence-corrected chi connectivity index (χ2v) is 3.53. The molecule has 1 aliphatic rings. The summed E-state index contributed by atoms with van der Waals surface area (Å²) >= 11 is 0. The largest absolute Gasteiger partial charge is 0.328 e. The minimum absolute atomic E-state index is 0.375. The van der Waals surface area contributed by atoms with Gasteiger partial charge in [0.05, 0.1) is 0 Å². The van der Waals surface area contributed by atoms with Crippen LogP contribution >= 0.6 is 0 Å². The molecule has 1 heterocycles. The Labute approximate surface area is 87.8 Å². The van der Waals surface area contributed by atoms with Crippen molar-refractivity contribution in [3.8, 4) is 0 Å². The molecule has 6 nitrogen and oxygen atoms in total. The third-order valence-electron chi connectivity index (χ3n) is 2.73. The van der Waals surface area contributed by atoms with Gasteiger partial charge in [0.15, 0.2) is 0 Å². The van der Waals surface area contributed by atoms with Crippen molar-refractivity contribution in [3.05, 3.63) is 0 Å². The molecule has 0 aromatic heterocycles. The number of nitrogens with one attached hydrogen (secondary N) is 3. The number of hydrogen-bond acceptors (Lipinski definition) is 4. The van der Waals surface area contributed by atoms with Gasteiger partial charge in [0.25, 0.3) is 0 Å². The molecule has 1 aliphatic heterocycles. The first kappa shape index (κ1) is 11.6. The van der Waals surface area contributed by atoms with E-state index in [0.29, 0.717) is 19.4 Å².